The van der Waals surface area contributed by atoms with Crippen LogP contribution in [-0.2, 0) is 5.41 Å². The Kier molecular flexibility index (Phi) is 5.15. The maximum absolute atomic E-state index is 10.4. The van der Waals surface area contributed by atoms with Crippen molar-refractivity contribution < 1.29 is 0 Å². The van der Waals surface area contributed by atoms with Crippen LogP contribution in [0.2, 0.25) is 0 Å². The second-order valence-corrected chi connectivity index (χ2v) is 13.0. The predicted molar refractivity (Wildman–Crippen MR) is 183 cm³/mol. The summed E-state index contributed by atoms with van der Waals surface area (Å²) in [4.78, 5) is 7.06. The highest BCUT2D eigenvalue weighted by Gasteiger charge is 2.37. The molecule has 1 aliphatic heterocycles. The van der Waals surface area contributed by atoms with Crippen LogP contribution in [0, 0.1) is 11.3 Å². The molecule has 0 amide bonds. The summed E-state index contributed by atoms with van der Waals surface area (Å²) in [5.41, 5.74) is 8.76. The molecule has 0 unspecified atom stereocenters. The minimum absolute atomic E-state index is 0.193. The fourth-order valence-corrected chi connectivity index (χ4v) is 8.49. The largest absolute Gasteiger partial charge is 0.307 e. The molecule has 0 radical (unpaired) electrons. The van der Waals surface area contributed by atoms with Gasteiger partial charge in [-0.1, -0.05) is 98.8 Å². The number of aromatic nitrogens is 2. The van der Waals surface area contributed by atoms with Crippen molar-refractivity contribution >= 4 is 70.4 Å². The molecule has 0 saturated carbocycles. The molecule has 0 bridgehead atoms. The molecule has 0 saturated heterocycles. The molecule has 44 heavy (non-hydrogen) atoms. The van der Waals surface area contributed by atoms with Gasteiger partial charge >= 0.3 is 0 Å². The molecule has 0 fully saturated rings. The molecule has 3 aromatic heterocycles. The molecule has 208 valence electrons. The van der Waals surface area contributed by atoms with Gasteiger partial charge < -0.3 is 9.47 Å². The Bertz CT molecular complexity index is 2460. The number of para-hydroxylation sites is 3. The zero-order valence-corrected chi connectivity index (χ0v) is 25.1. The van der Waals surface area contributed by atoms with Gasteiger partial charge in [-0.2, -0.15) is 5.26 Å². The van der Waals surface area contributed by atoms with Gasteiger partial charge in [0.2, 0.25) is 0 Å². The third-order valence-electron chi connectivity index (χ3n) is 9.27. The van der Waals surface area contributed by atoms with Crippen molar-refractivity contribution in [1.29, 1.82) is 5.26 Å². The fraction of sp³-hybridized carbons (Fsp3) is 0.0769. The summed E-state index contributed by atoms with van der Waals surface area (Å²) < 4.78 is 4.86. The van der Waals surface area contributed by atoms with Crippen molar-refractivity contribution in [3.63, 3.8) is 0 Å². The van der Waals surface area contributed by atoms with E-state index >= 15 is 0 Å². The molecular weight excluding hydrogens is 557 g/mol. The Hall–Kier alpha value is -5.44. The van der Waals surface area contributed by atoms with E-state index in [4.69, 9.17) is 4.98 Å². The fourth-order valence-electron chi connectivity index (χ4n) is 7.25. The highest BCUT2D eigenvalue weighted by atomic mass is 32.1. The van der Waals surface area contributed by atoms with E-state index in [1.165, 1.54) is 47.6 Å². The summed E-state index contributed by atoms with van der Waals surface area (Å²) in [5.74, 6) is 0. The molecule has 0 atom stereocenters. The van der Waals surface area contributed by atoms with E-state index in [-0.39, 0.29) is 5.41 Å². The topological polar surface area (TPSA) is 44.9 Å². The average Bonchev–Trinajstić information content (AvgIpc) is 3.61. The van der Waals surface area contributed by atoms with E-state index in [0.29, 0.717) is 5.69 Å². The van der Waals surface area contributed by atoms with Crippen LogP contribution in [0.25, 0.3) is 47.7 Å². The van der Waals surface area contributed by atoms with Gasteiger partial charge in [-0.15, -0.1) is 11.3 Å². The molecule has 4 nitrogen and oxygen atoms in total. The van der Waals surface area contributed by atoms with Gasteiger partial charge in [0.05, 0.1) is 44.7 Å². The number of thiophene rings is 1. The molecular formula is C39H26N4S. The van der Waals surface area contributed by atoms with Crippen LogP contribution >= 0.6 is 11.3 Å². The maximum Gasteiger partial charge on any atom is 0.164 e. The third kappa shape index (κ3) is 3.29. The van der Waals surface area contributed by atoms with Gasteiger partial charge in [0, 0.05) is 31.7 Å². The van der Waals surface area contributed by atoms with Crippen LogP contribution in [0.1, 0.15) is 30.7 Å². The lowest BCUT2D eigenvalue weighted by molar-refractivity contribution is 0.632. The number of pyridine rings is 1. The first-order chi connectivity index (χ1) is 21.6. The molecule has 5 aromatic carbocycles. The summed E-state index contributed by atoms with van der Waals surface area (Å²) in [6.07, 6.45) is 1.85. The molecule has 9 rings (SSSR count). The smallest absolute Gasteiger partial charge is 0.164 e. The average molecular weight is 583 g/mol. The van der Waals surface area contributed by atoms with E-state index < -0.39 is 0 Å². The Labute approximate surface area is 258 Å². The maximum atomic E-state index is 10.4. The number of anilines is 3. The summed E-state index contributed by atoms with van der Waals surface area (Å²) in [6, 6.07) is 43.3. The monoisotopic (exact) mass is 582 g/mol. The van der Waals surface area contributed by atoms with Crippen molar-refractivity contribution in [1.82, 2.24) is 9.55 Å². The first-order valence-electron chi connectivity index (χ1n) is 14.8. The first-order valence-corrected chi connectivity index (χ1v) is 15.6. The number of nitriles is 1. The van der Waals surface area contributed by atoms with E-state index in [1.54, 1.807) is 0 Å². The highest BCUT2D eigenvalue weighted by Crippen LogP contribution is 2.52. The Morgan fingerprint density at radius 3 is 2.07 bits per heavy atom. The standard InChI is InChI=1S/C39H26N4S/c1-39(2)29-13-5-8-16-33(29)43(34-17-9-6-14-30(34)39)35-21-24(23-41-31(35)22-40)42-32-15-7-3-11-25(32)27-19-20-28-26-12-4-10-18-36(26)44-38(28)37(27)42/h3-21,23H,1-2H3. The summed E-state index contributed by atoms with van der Waals surface area (Å²) in [6.45, 7) is 4.55. The molecule has 0 aliphatic carbocycles. The lowest BCUT2D eigenvalue weighted by atomic mass is 9.73. The van der Waals surface area contributed by atoms with Crippen LogP contribution < -0.4 is 4.90 Å². The molecule has 4 heterocycles. The van der Waals surface area contributed by atoms with Gasteiger partial charge in [0.25, 0.3) is 0 Å². The normalized spacial score (nSPS) is 13.8. The summed E-state index contributed by atoms with van der Waals surface area (Å²) in [5, 5.41) is 15.3. The van der Waals surface area contributed by atoms with Crippen molar-refractivity contribution in [2.45, 2.75) is 19.3 Å². The van der Waals surface area contributed by atoms with Gasteiger partial charge in [-0.3, -0.25) is 0 Å². The van der Waals surface area contributed by atoms with Crippen LogP contribution in [0.5, 0.6) is 0 Å². The molecule has 0 spiro atoms. The highest BCUT2D eigenvalue weighted by molar-refractivity contribution is 7.26. The minimum Gasteiger partial charge on any atom is -0.307 e. The number of rotatable bonds is 2. The summed E-state index contributed by atoms with van der Waals surface area (Å²) in [7, 11) is 0. The molecule has 1 aliphatic rings. The number of hydrogen-bond acceptors (Lipinski definition) is 4. The number of nitrogens with zero attached hydrogens (tertiary/aromatic N) is 4. The van der Waals surface area contributed by atoms with Crippen LogP contribution in [0.15, 0.2) is 121 Å². The predicted octanol–water partition coefficient (Wildman–Crippen LogP) is 10.5. The summed E-state index contributed by atoms with van der Waals surface area (Å²) >= 11 is 1.83. The lowest BCUT2D eigenvalue weighted by Crippen LogP contribution is -2.31. The van der Waals surface area contributed by atoms with Crippen molar-refractivity contribution in [2.75, 3.05) is 4.90 Å². The van der Waals surface area contributed by atoms with E-state index in [9.17, 15) is 5.26 Å². The van der Waals surface area contributed by atoms with Crippen molar-refractivity contribution in [3.8, 4) is 11.8 Å². The van der Waals surface area contributed by atoms with Crippen LogP contribution in [0.3, 0.4) is 0 Å². The SMILES string of the molecule is CC1(C)c2ccccc2N(c2cc(-n3c4ccccc4c4ccc5c6ccccc6sc5c43)cnc2C#N)c2ccccc21. The van der Waals surface area contributed by atoms with Crippen molar-refractivity contribution in [3.05, 3.63) is 138 Å². The minimum atomic E-state index is -0.193. The lowest BCUT2D eigenvalue weighted by Gasteiger charge is -2.42. The van der Waals surface area contributed by atoms with Crippen LogP contribution in [-0.4, -0.2) is 9.55 Å². The second-order valence-electron chi connectivity index (χ2n) is 12.0. The number of hydrogen-bond donors (Lipinski definition) is 0. The van der Waals surface area contributed by atoms with Gasteiger partial charge in [-0.25, -0.2) is 4.98 Å². The van der Waals surface area contributed by atoms with Crippen molar-refractivity contribution in [2.24, 2.45) is 0 Å². The molecule has 5 heteroatoms. The Morgan fingerprint density at radius 1 is 0.682 bits per heavy atom. The van der Waals surface area contributed by atoms with Gasteiger partial charge in [0.1, 0.15) is 6.07 Å². The molecule has 0 N–H and O–H groups in total. The number of fused-ring (bicyclic) bond motifs is 9. The first kappa shape index (κ1) is 25.1. The van der Waals surface area contributed by atoms with Gasteiger partial charge in [0.15, 0.2) is 5.69 Å². The van der Waals surface area contributed by atoms with E-state index in [0.717, 1.165) is 28.3 Å². The van der Waals surface area contributed by atoms with Crippen LogP contribution in [0.4, 0.5) is 17.1 Å². The Balaban J connectivity index is 1.38. The van der Waals surface area contributed by atoms with E-state index in [2.05, 4.69) is 145 Å². The second kappa shape index (κ2) is 9.03. The van der Waals surface area contributed by atoms with E-state index in [1.807, 2.05) is 17.5 Å². The van der Waals surface area contributed by atoms with Gasteiger partial charge in [-0.05, 0) is 41.5 Å². The Morgan fingerprint density at radius 2 is 1.32 bits per heavy atom. The molecule has 8 aromatic rings. The zero-order chi connectivity index (χ0) is 29.6. The third-order valence-corrected chi connectivity index (χ3v) is 10.5. The zero-order valence-electron chi connectivity index (χ0n) is 24.2. The quantitative estimate of drug-likeness (QED) is 0.204. The number of benzene rings is 5.